The summed E-state index contributed by atoms with van der Waals surface area (Å²) >= 11 is 5.88. The molecule has 2 amide bonds. The first-order valence-electron chi connectivity index (χ1n) is 7.32. The second kappa shape index (κ2) is 7.07. The number of nitrogens with zero attached hydrogens (tertiary/aromatic N) is 1. The maximum atomic E-state index is 12.1. The van der Waals surface area contributed by atoms with E-state index in [9.17, 15) is 9.59 Å². The lowest BCUT2D eigenvalue weighted by atomic mass is 10.2. The smallest absolute Gasteiger partial charge is 0.287 e. The van der Waals surface area contributed by atoms with Crippen molar-refractivity contribution in [3.05, 3.63) is 64.9 Å². The van der Waals surface area contributed by atoms with Crippen molar-refractivity contribution in [2.45, 2.75) is 0 Å². The molecule has 0 bridgehead atoms. The van der Waals surface area contributed by atoms with Crippen molar-refractivity contribution in [2.75, 3.05) is 11.9 Å². The maximum Gasteiger partial charge on any atom is 0.287 e. The van der Waals surface area contributed by atoms with Crippen molar-refractivity contribution in [1.82, 2.24) is 5.32 Å². The van der Waals surface area contributed by atoms with Crippen LogP contribution in [0.15, 0.2) is 52.9 Å². The summed E-state index contributed by atoms with van der Waals surface area (Å²) in [4.78, 5) is 24.0. The van der Waals surface area contributed by atoms with Crippen molar-refractivity contribution < 1.29 is 14.0 Å². The zero-order valence-electron chi connectivity index (χ0n) is 12.9. The highest BCUT2D eigenvalue weighted by atomic mass is 35.5. The van der Waals surface area contributed by atoms with Crippen LogP contribution in [0.3, 0.4) is 0 Å². The molecule has 1 aromatic heterocycles. The number of nitriles is 1. The summed E-state index contributed by atoms with van der Waals surface area (Å²) in [7, 11) is 0. The minimum Gasteiger partial charge on any atom is -0.451 e. The first kappa shape index (κ1) is 16.6. The number of benzene rings is 2. The SMILES string of the molecule is N#Cc1cccc(NC(=O)CNC(=O)c2cc3ccc(Cl)cc3o2)c1. The standard InChI is InChI=1S/C18H12ClN3O3/c19-13-5-4-12-7-16(25-15(12)8-13)18(24)21-10-17(23)22-14-3-1-2-11(6-14)9-20/h1-8H,10H2,(H,21,24)(H,22,23). The molecular formula is C18H12ClN3O3. The van der Waals surface area contributed by atoms with E-state index in [4.69, 9.17) is 21.3 Å². The molecule has 6 nitrogen and oxygen atoms in total. The van der Waals surface area contributed by atoms with Gasteiger partial charge in [-0.2, -0.15) is 5.26 Å². The van der Waals surface area contributed by atoms with E-state index >= 15 is 0 Å². The molecule has 0 atom stereocenters. The number of carbonyl (C=O) groups is 2. The van der Waals surface area contributed by atoms with Crippen molar-refractivity contribution >= 4 is 40.1 Å². The first-order valence-corrected chi connectivity index (χ1v) is 7.70. The molecule has 0 fully saturated rings. The molecule has 25 heavy (non-hydrogen) atoms. The fraction of sp³-hybridized carbons (Fsp3) is 0.0556. The molecule has 0 unspecified atom stereocenters. The molecule has 0 saturated heterocycles. The van der Waals surface area contributed by atoms with Gasteiger partial charge in [-0.05, 0) is 36.4 Å². The third-order valence-corrected chi connectivity index (χ3v) is 3.63. The maximum absolute atomic E-state index is 12.1. The number of carbonyl (C=O) groups excluding carboxylic acids is 2. The molecule has 3 aromatic rings. The summed E-state index contributed by atoms with van der Waals surface area (Å²) in [5.74, 6) is -0.826. The number of halogens is 1. The molecule has 2 aromatic carbocycles. The number of nitrogens with one attached hydrogen (secondary N) is 2. The average Bonchev–Trinajstić information content (AvgIpc) is 3.03. The number of rotatable bonds is 4. The third-order valence-electron chi connectivity index (χ3n) is 3.39. The van der Waals surface area contributed by atoms with Gasteiger partial charge in [0.25, 0.3) is 5.91 Å². The highest BCUT2D eigenvalue weighted by molar-refractivity contribution is 6.31. The third kappa shape index (κ3) is 3.97. The van der Waals surface area contributed by atoms with Crippen LogP contribution in [0.4, 0.5) is 5.69 Å². The fourth-order valence-corrected chi connectivity index (χ4v) is 2.40. The van der Waals surface area contributed by atoms with Crippen molar-refractivity contribution in [1.29, 1.82) is 5.26 Å². The van der Waals surface area contributed by atoms with Gasteiger partial charge in [0.2, 0.25) is 5.91 Å². The van der Waals surface area contributed by atoms with Crippen LogP contribution in [0.5, 0.6) is 0 Å². The van der Waals surface area contributed by atoms with Gasteiger partial charge >= 0.3 is 0 Å². The van der Waals surface area contributed by atoms with Crippen LogP contribution >= 0.6 is 11.6 Å². The number of hydrogen-bond donors (Lipinski definition) is 2. The van der Waals surface area contributed by atoms with Gasteiger partial charge in [-0.25, -0.2) is 0 Å². The Labute approximate surface area is 148 Å². The first-order chi connectivity index (χ1) is 12.0. The molecule has 0 spiro atoms. The average molecular weight is 354 g/mol. The van der Waals surface area contributed by atoms with Crippen LogP contribution in [0.25, 0.3) is 11.0 Å². The van der Waals surface area contributed by atoms with Gasteiger partial charge in [-0.1, -0.05) is 17.7 Å². The van der Waals surface area contributed by atoms with Gasteiger partial charge in [0.1, 0.15) is 5.58 Å². The molecule has 1 heterocycles. The van der Waals surface area contributed by atoms with Crippen LogP contribution in [-0.4, -0.2) is 18.4 Å². The van der Waals surface area contributed by atoms with Crippen molar-refractivity contribution in [3.63, 3.8) is 0 Å². The number of furan rings is 1. The predicted octanol–water partition coefficient (Wildman–Crippen LogP) is 3.33. The minimum absolute atomic E-state index is 0.0940. The number of amides is 2. The summed E-state index contributed by atoms with van der Waals surface area (Å²) in [6.45, 7) is -0.229. The van der Waals surface area contributed by atoms with E-state index in [0.29, 0.717) is 21.9 Å². The Morgan fingerprint density at radius 1 is 1.16 bits per heavy atom. The lowest BCUT2D eigenvalue weighted by Crippen LogP contribution is -2.32. The summed E-state index contributed by atoms with van der Waals surface area (Å²) in [5.41, 5.74) is 1.41. The molecule has 3 rings (SSSR count). The topological polar surface area (TPSA) is 95.1 Å². The van der Waals surface area contributed by atoms with E-state index in [0.717, 1.165) is 5.39 Å². The normalized spacial score (nSPS) is 10.2. The molecule has 0 radical (unpaired) electrons. The molecule has 2 N–H and O–H groups in total. The molecule has 124 valence electrons. The van der Waals surface area contributed by atoms with Gasteiger partial charge in [0.05, 0.1) is 18.2 Å². The highest BCUT2D eigenvalue weighted by Crippen LogP contribution is 2.22. The van der Waals surface area contributed by atoms with Crippen LogP contribution in [0.2, 0.25) is 5.02 Å². The number of fused-ring (bicyclic) bond motifs is 1. The molecule has 0 saturated carbocycles. The Morgan fingerprint density at radius 3 is 2.80 bits per heavy atom. The second-order valence-corrected chi connectivity index (χ2v) is 5.65. The van der Waals surface area contributed by atoms with Gasteiger partial charge in [0.15, 0.2) is 5.76 Å². The Bertz CT molecular complexity index is 1000. The van der Waals surface area contributed by atoms with Crippen LogP contribution in [-0.2, 0) is 4.79 Å². The number of anilines is 1. The monoisotopic (exact) mass is 353 g/mol. The van der Waals surface area contributed by atoms with E-state index in [2.05, 4.69) is 10.6 Å². The zero-order valence-corrected chi connectivity index (χ0v) is 13.6. The number of hydrogen-bond acceptors (Lipinski definition) is 4. The lowest BCUT2D eigenvalue weighted by Gasteiger charge is -2.06. The van der Waals surface area contributed by atoms with Crippen LogP contribution < -0.4 is 10.6 Å². The zero-order chi connectivity index (χ0) is 17.8. The summed E-state index contributed by atoms with van der Waals surface area (Å²) in [6.07, 6.45) is 0. The Hall–Kier alpha value is -3.30. The van der Waals surface area contributed by atoms with Crippen molar-refractivity contribution in [2.24, 2.45) is 0 Å². The molecule has 0 aliphatic rings. The van der Waals surface area contributed by atoms with Crippen LogP contribution in [0.1, 0.15) is 16.1 Å². The van der Waals surface area contributed by atoms with E-state index < -0.39 is 11.8 Å². The quantitative estimate of drug-likeness (QED) is 0.752. The lowest BCUT2D eigenvalue weighted by molar-refractivity contribution is -0.115. The predicted molar refractivity (Wildman–Crippen MR) is 93.3 cm³/mol. The fourth-order valence-electron chi connectivity index (χ4n) is 2.24. The summed E-state index contributed by atoms with van der Waals surface area (Å²) in [6, 6.07) is 15.1. The van der Waals surface area contributed by atoms with E-state index in [1.807, 2.05) is 6.07 Å². The van der Waals surface area contributed by atoms with E-state index in [1.54, 1.807) is 48.5 Å². The Morgan fingerprint density at radius 2 is 2.00 bits per heavy atom. The molecular weight excluding hydrogens is 342 g/mol. The molecule has 7 heteroatoms. The summed E-state index contributed by atoms with van der Waals surface area (Å²) < 4.78 is 5.43. The van der Waals surface area contributed by atoms with Crippen molar-refractivity contribution in [3.8, 4) is 6.07 Å². The van der Waals surface area contributed by atoms with Gasteiger partial charge in [0, 0.05) is 22.2 Å². The van der Waals surface area contributed by atoms with E-state index in [1.165, 1.54) is 0 Å². The van der Waals surface area contributed by atoms with Crippen LogP contribution in [0, 0.1) is 11.3 Å². The second-order valence-electron chi connectivity index (χ2n) is 5.22. The van der Waals surface area contributed by atoms with Gasteiger partial charge in [-0.15, -0.1) is 0 Å². The summed E-state index contributed by atoms with van der Waals surface area (Å²) in [5, 5.41) is 15.2. The van der Waals surface area contributed by atoms with Gasteiger partial charge < -0.3 is 15.1 Å². The van der Waals surface area contributed by atoms with Gasteiger partial charge in [-0.3, -0.25) is 9.59 Å². The van der Waals surface area contributed by atoms with E-state index in [-0.39, 0.29) is 12.3 Å². The highest BCUT2D eigenvalue weighted by Gasteiger charge is 2.13. The molecule has 0 aliphatic carbocycles. The Kier molecular flexibility index (Phi) is 4.68. The minimum atomic E-state index is -0.506. The Balaban J connectivity index is 1.60. The molecule has 0 aliphatic heterocycles. The largest absolute Gasteiger partial charge is 0.451 e.